The number of unbranched alkanes of at least 4 members (excludes halogenated alkanes) is 1. The third kappa shape index (κ3) is 7.01. The van der Waals surface area contributed by atoms with Gasteiger partial charge in [0.25, 0.3) is 15.6 Å². The zero-order chi connectivity index (χ0) is 29.4. The van der Waals surface area contributed by atoms with E-state index in [1.165, 1.54) is 66.9 Å². The highest BCUT2D eigenvalue weighted by Gasteiger charge is 2.21. The zero-order valence-corrected chi connectivity index (χ0v) is 23.8. The minimum Gasteiger partial charge on any atom is -0.493 e. The summed E-state index contributed by atoms with van der Waals surface area (Å²) in [6.45, 7) is 7.32. The third-order valence-corrected chi connectivity index (χ3v) is 8.11. The first-order valence-electron chi connectivity index (χ1n) is 13.0. The Morgan fingerprint density at radius 2 is 1.75 bits per heavy atom. The fourth-order valence-electron chi connectivity index (χ4n) is 4.19. The second kappa shape index (κ2) is 13.2. The predicted octanol–water partition coefficient (Wildman–Crippen LogP) is 6.37. The molecule has 0 bridgehead atoms. The van der Waals surface area contributed by atoms with Gasteiger partial charge in [0.2, 0.25) is 5.88 Å². The molecule has 0 aliphatic rings. The van der Waals surface area contributed by atoms with Crippen molar-refractivity contribution in [1.82, 2.24) is 4.57 Å². The maximum atomic E-state index is 13.3. The van der Waals surface area contributed by atoms with Crippen molar-refractivity contribution in [2.45, 2.75) is 64.8 Å². The molecule has 1 unspecified atom stereocenters. The van der Waals surface area contributed by atoms with Gasteiger partial charge >= 0.3 is 0 Å². The van der Waals surface area contributed by atoms with E-state index in [9.17, 15) is 28.4 Å². The lowest BCUT2D eigenvalue weighted by atomic mass is 9.99. The standard InChI is InChI=1S/C29H33N5O5S/c1-5-7-8-21(6-2)18-34-28(36)26(17-30)19(3)27(29(34)37)32-31-23-13-15-25(16-14-23)40(38,39)33-24-11-9-22(10-12-24)20(4)35/h9-16,21,33,36H,5-8,18H2,1-4H3. The Bertz CT molecular complexity index is 1600. The Kier molecular flexibility index (Phi) is 9.96. The maximum Gasteiger partial charge on any atom is 0.281 e. The van der Waals surface area contributed by atoms with Crippen LogP contribution in [0.3, 0.4) is 0 Å². The van der Waals surface area contributed by atoms with E-state index in [4.69, 9.17) is 0 Å². The summed E-state index contributed by atoms with van der Waals surface area (Å²) in [5.74, 6) is -0.351. The van der Waals surface area contributed by atoms with E-state index in [2.05, 4.69) is 21.9 Å². The van der Waals surface area contributed by atoms with E-state index in [1.54, 1.807) is 0 Å². The van der Waals surface area contributed by atoms with Crippen molar-refractivity contribution in [2.24, 2.45) is 16.1 Å². The number of anilines is 1. The number of nitriles is 1. The fraction of sp³-hybridized carbons (Fsp3) is 0.345. The molecule has 0 spiro atoms. The number of hydrogen-bond acceptors (Lipinski definition) is 8. The van der Waals surface area contributed by atoms with Crippen molar-refractivity contribution in [1.29, 1.82) is 5.26 Å². The molecule has 3 aromatic rings. The van der Waals surface area contributed by atoms with Crippen LogP contribution in [0.2, 0.25) is 0 Å². The van der Waals surface area contributed by atoms with Crippen molar-refractivity contribution < 1.29 is 18.3 Å². The molecule has 1 atom stereocenters. The van der Waals surface area contributed by atoms with E-state index >= 15 is 0 Å². The Hall–Kier alpha value is -4.30. The number of aromatic nitrogens is 1. The van der Waals surface area contributed by atoms with Gasteiger partial charge in [-0.05, 0) is 74.7 Å². The summed E-state index contributed by atoms with van der Waals surface area (Å²) in [5, 5.41) is 28.5. The number of nitrogens with zero attached hydrogens (tertiary/aromatic N) is 4. The van der Waals surface area contributed by atoms with Crippen LogP contribution in [0.15, 0.2) is 68.4 Å². The summed E-state index contributed by atoms with van der Waals surface area (Å²) in [6.07, 6.45) is 3.70. The van der Waals surface area contributed by atoms with E-state index in [0.717, 1.165) is 25.7 Å². The highest BCUT2D eigenvalue weighted by atomic mass is 32.2. The molecular formula is C29H33N5O5S. The minimum atomic E-state index is -3.91. The van der Waals surface area contributed by atoms with Crippen LogP contribution in [0, 0.1) is 24.2 Å². The van der Waals surface area contributed by atoms with Crippen LogP contribution < -0.4 is 10.3 Å². The van der Waals surface area contributed by atoms with Gasteiger partial charge in [0.15, 0.2) is 11.5 Å². The molecule has 1 aromatic heterocycles. The van der Waals surface area contributed by atoms with Crippen LogP contribution in [0.25, 0.3) is 0 Å². The number of nitrogens with one attached hydrogen (secondary N) is 1. The summed E-state index contributed by atoms with van der Waals surface area (Å²) in [6, 6.07) is 13.6. The Labute approximate surface area is 234 Å². The van der Waals surface area contributed by atoms with Gasteiger partial charge in [-0.2, -0.15) is 10.4 Å². The van der Waals surface area contributed by atoms with Crippen molar-refractivity contribution in [3.63, 3.8) is 0 Å². The number of Topliss-reactive ketones (excluding diaryl/α,β-unsaturated/α-hetero) is 1. The van der Waals surface area contributed by atoms with Gasteiger partial charge in [-0.25, -0.2) is 8.42 Å². The third-order valence-electron chi connectivity index (χ3n) is 6.71. The molecule has 210 valence electrons. The molecule has 10 nitrogen and oxygen atoms in total. The van der Waals surface area contributed by atoms with Gasteiger partial charge in [0.1, 0.15) is 11.6 Å². The maximum absolute atomic E-state index is 13.3. The van der Waals surface area contributed by atoms with E-state index in [-0.39, 0.29) is 51.5 Å². The van der Waals surface area contributed by atoms with Crippen molar-refractivity contribution >= 4 is 32.9 Å². The van der Waals surface area contributed by atoms with E-state index in [1.807, 2.05) is 13.0 Å². The molecule has 2 N–H and O–H groups in total. The lowest BCUT2D eigenvalue weighted by Crippen LogP contribution is -2.25. The molecule has 0 amide bonds. The number of azo groups is 1. The number of carbonyl (C=O) groups excluding carboxylic acids is 1. The van der Waals surface area contributed by atoms with Gasteiger partial charge in [-0.1, -0.05) is 33.1 Å². The molecule has 40 heavy (non-hydrogen) atoms. The molecule has 1 heterocycles. The second-order valence-electron chi connectivity index (χ2n) is 9.55. The van der Waals surface area contributed by atoms with Crippen LogP contribution >= 0.6 is 0 Å². The van der Waals surface area contributed by atoms with Crippen LogP contribution in [0.4, 0.5) is 17.1 Å². The molecule has 2 aromatic carbocycles. The average Bonchev–Trinajstić information content (AvgIpc) is 2.93. The van der Waals surface area contributed by atoms with Crippen LogP contribution in [-0.4, -0.2) is 23.9 Å². The summed E-state index contributed by atoms with van der Waals surface area (Å²) in [7, 11) is -3.91. The smallest absolute Gasteiger partial charge is 0.281 e. The molecule has 0 aliphatic carbocycles. The highest BCUT2D eigenvalue weighted by molar-refractivity contribution is 7.92. The molecular weight excluding hydrogens is 530 g/mol. The predicted molar refractivity (Wildman–Crippen MR) is 153 cm³/mol. The highest BCUT2D eigenvalue weighted by Crippen LogP contribution is 2.29. The van der Waals surface area contributed by atoms with Gasteiger partial charge in [0, 0.05) is 23.4 Å². The van der Waals surface area contributed by atoms with E-state index in [0.29, 0.717) is 11.3 Å². The molecule has 0 aliphatic heterocycles. The number of pyridine rings is 1. The Balaban J connectivity index is 1.87. The van der Waals surface area contributed by atoms with Crippen LogP contribution in [0.1, 0.15) is 67.9 Å². The SMILES string of the molecule is CCCCC(CC)Cn1c(O)c(C#N)c(C)c(N=Nc2ccc(S(=O)(=O)Nc3ccc(C(C)=O)cc3)cc2)c1=O. The number of benzene rings is 2. The number of aromatic hydroxyl groups is 1. The number of rotatable bonds is 12. The lowest BCUT2D eigenvalue weighted by molar-refractivity contribution is 0.101. The minimum absolute atomic E-state index is 0.0188. The van der Waals surface area contributed by atoms with E-state index < -0.39 is 15.6 Å². The number of carbonyl (C=O) groups is 1. The van der Waals surface area contributed by atoms with Crippen molar-refractivity contribution in [2.75, 3.05) is 4.72 Å². The van der Waals surface area contributed by atoms with Crippen LogP contribution in [0.5, 0.6) is 5.88 Å². The first-order chi connectivity index (χ1) is 19.0. The molecule has 0 saturated heterocycles. The second-order valence-corrected chi connectivity index (χ2v) is 11.2. The van der Waals surface area contributed by atoms with Gasteiger partial charge in [-0.15, -0.1) is 5.11 Å². The zero-order valence-electron chi connectivity index (χ0n) is 23.0. The van der Waals surface area contributed by atoms with Crippen LogP contribution in [-0.2, 0) is 16.6 Å². The number of hydrogen-bond donors (Lipinski definition) is 2. The first kappa shape index (κ1) is 30.2. The number of ketones is 1. The quantitative estimate of drug-likeness (QED) is 0.193. The first-order valence-corrected chi connectivity index (χ1v) is 14.5. The Morgan fingerprint density at radius 3 is 2.30 bits per heavy atom. The lowest BCUT2D eigenvalue weighted by Gasteiger charge is -2.19. The largest absolute Gasteiger partial charge is 0.493 e. The normalized spacial score (nSPS) is 12.3. The summed E-state index contributed by atoms with van der Waals surface area (Å²) in [4.78, 5) is 24.7. The molecule has 11 heteroatoms. The Morgan fingerprint density at radius 1 is 1.10 bits per heavy atom. The van der Waals surface area contributed by atoms with Crippen molar-refractivity contribution in [3.8, 4) is 11.9 Å². The summed E-state index contributed by atoms with van der Waals surface area (Å²) in [5.41, 5.74) is 0.626. The molecule has 0 saturated carbocycles. The summed E-state index contributed by atoms with van der Waals surface area (Å²) >= 11 is 0. The molecule has 0 fully saturated rings. The molecule has 3 rings (SSSR count). The fourth-order valence-corrected chi connectivity index (χ4v) is 5.25. The van der Waals surface area contributed by atoms with Gasteiger partial charge < -0.3 is 5.11 Å². The summed E-state index contributed by atoms with van der Waals surface area (Å²) < 4.78 is 29.2. The average molecular weight is 564 g/mol. The topological polar surface area (TPSA) is 154 Å². The van der Waals surface area contributed by atoms with Gasteiger partial charge in [-0.3, -0.25) is 18.9 Å². The monoisotopic (exact) mass is 563 g/mol. The number of sulfonamides is 1. The molecule has 0 radical (unpaired) electrons. The van der Waals surface area contributed by atoms with Gasteiger partial charge in [0.05, 0.1) is 10.6 Å². The van der Waals surface area contributed by atoms with Crippen molar-refractivity contribution in [3.05, 3.63) is 75.6 Å².